The van der Waals surface area contributed by atoms with Crippen molar-refractivity contribution >= 4 is 16.8 Å². The van der Waals surface area contributed by atoms with Crippen molar-refractivity contribution in [3.8, 4) is 28.0 Å². The third-order valence-corrected chi connectivity index (χ3v) is 6.19. The maximum Gasteiger partial charge on any atom is 0.197 e. The smallest absolute Gasteiger partial charge is 0.197 e. The Balaban J connectivity index is 1.72. The maximum absolute atomic E-state index is 14.0. The number of fused-ring (bicyclic) bond motifs is 1. The van der Waals surface area contributed by atoms with Gasteiger partial charge in [-0.25, -0.2) is 0 Å². The number of furan rings is 1. The number of para-hydroxylation sites is 1. The van der Waals surface area contributed by atoms with Crippen molar-refractivity contribution in [3.05, 3.63) is 114 Å². The Morgan fingerprint density at radius 1 is 0.794 bits per heavy atom. The summed E-state index contributed by atoms with van der Waals surface area (Å²) in [7, 11) is 0. The van der Waals surface area contributed by atoms with E-state index in [9.17, 15) is 9.90 Å². The highest BCUT2D eigenvalue weighted by Crippen LogP contribution is 2.40. The number of carbonyl (C=O) groups excluding carboxylic acids is 1. The first-order valence-electron chi connectivity index (χ1n) is 11.7. The average Bonchev–Trinajstić information content (AvgIpc) is 3.26. The first-order chi connectivity index (χ1) is 16.7. The molecule has 0 spiro atoms. The highest BCUT2D eigenvalue weighted by molar-refractivity contribution is 6.18. The third kappa shape index (κ3) is 4.01. The molecule has 0 aliphatic rings. The van der Waals surface area contributed by atoms with Crippen LogP contribution in [0.15, 0.2) is 101 Å². The fraction of sp³-hybridized carbons (Fsp3) is 0.129. The van der Waals surface area contributed by atoms with Crippen molar-refractivity contribution in [3.63, 3.8) is 0 Å². The summed E-state index contributed by atoms with van der Waals surface area (Å²) in [5.41, 5.74) is 4.85. The lowest BCUT2D eigenvalue weighted by Gasteiger charge is -2.14. The number of hydrogen-bond acceptors (Lipinski definition) is 3. The monoisotopic (exact) mass is 446 g/mol. The van der Waals surface area contributed by atoms with Crippen LogP contribution in [0.4, 0.5) is 0 Å². The molecule has 5 rings (SSSR count). The Morgan fingerprint density at radius 2 is 1.35 bits per heavy atom. The Labute approximate surface area is 199 Å². The SMILES string of the molecule is CCCCc1oc2ccccc2c1C(=O)c1cc(-c2ccccc2)c(O)c(-c2ccccc2)c1. The molecule has 1 N–H and O–H groups in total. The van der Waals surface area contributed by atoms with Crippen molar-refractivity contribution in [2.75, 3.05) is 0 Å². The summed E-state index contributed by atoms with van der Waals surface area (Å²) in [5, 5.41) is 12.1. The molecule has 4 aromatic carbocycles. The van der Waals surface area contributed by atoms with Crippen molar-refractivity contribution in [1.29, 1.82) is 0 Å². The van der Waals surface area contributed by atoms with Gasteiger partial charge in [0.15, 0.2) is 5.78 Å². The summed E-state index contributed by atoms with van der Waals surface area (Å²) < 4.78 is 6.13. The lowest BCUT2D eigenvalue weighted by atomic mass is 9.90. The van der Waals surface area contributed by atoms with Crippen LogP contribution in [-0.2, 0) is 6.42 Å². The first kappa shape index (κ1) is 21.7. The number of hydrogen-bond donors (Lipinski definition) is 1. The van der Waals surface area contributed by atoms with Crippen LogP contribution in [0.2, 0.25) is 0 Å². The van der Waals surface area contributed by atoms with E-state index in [2.05, 4.69) is 6.92 Å². The number of phenolic OH excluding ortho intramolecular Hbond substituents is 1. The normalized spacial score (nSPS) is 11.1. The number of aryl methyl sites for hydroxylation is 1. The van der Waals surface area contributed by atoms with E-state index in [4.69, 9.17) is 4.42 Å². The number of phenols is 1. The molecule has 0 aliphatic carbocycles. The van der Waals surface area contributed by atoms with E-state index < -0.39 is 0 Å². The first-order valence-corrected chi connectivity index (χ1v) is 11.7. The van der Waals surface area contributed by atoms with E-state index in [1.54, 1.807) is 12.1 Å². The van der Waals surface area contributed by atoms with Gasteiger partial charge in [0.25, 0.3) is 0 Å². The molecule has 3 nitrogen and oxygen atoms in total. The summed E-state index contributed by atoms with van der Waals surface area (Å²) in [6.45, 7) is 2.13. The van der Waals surface area contributed by atoms with Gasteiger partial charge in [0.2, 0.25) is 0 Å². The zero-order chi connectivity index (χ0) is 23.5. The van der Waals surface area contributed by atoms with E-state index in [0.717, 1.165) is 40.7 Å². The lowest BCUT2D eigenvalue weighted by Crippen LogP contribution is -2.05. The fourth-order valence-electron chi connectivity index (χ4n) is 4.44. The molecule has 3 heteroatoms. The Kier molecular flexibility index (Phi) is 6.01. The van der Waals surface area contributed by atoms with Gasteiger partial charge in [0.1, 0.15) is 17.1 Å². The van der Waals surface area contributed by atoms with Gasteiger partial charge in [-0.3, -0.25) is 4.79 Å². The molecule has 0 radical (unpaired) electrons. The van der Waals surface area contributed by atoms with Crippen LogP contribution < -0.4 is 0 Å². The van der Waals surface area contributed by atoms with Crippen LogP contribution in [-0.4, -0.2) is 10.9 Å². The van der Waals surface area contributed by atoms with Gasteiger partial charge in [-0.15, -0.1) is 0 Å². The molecule has 0 bridgehead atoms. The second-order valence-corrected chi connectivity index (χ2v) is 8.48. The maximum atomic E-state index is 14.0. The van der Waals surface area contributed by atoms with Crippen molar-refractivity contribution in [2.24, 2.45) is 0 Å². The van der Waals surface area contributed by atoms with Crippen LogP contribution >= 0.6 is 0 Å². The molecule has 0 saturated carbocycles. The second-order valence-electron chi connectivity index (χ2n) is 8.48. The molecule has 0 fully saturated rings. The third-order valence-electron chi connectivity index (χ3n) is 6.19. The Hall–Kier alpha value is -4.11. The predicted molar refractivity (Wildman–Crippen MR) is 137 cm³/mol. The van der Waals surface area contributed by atoms with Gasteiger partial charge in [-0.1, -0.05) is 92.2 Å². The molecule has 0 saturated heterocycles. The van der Waals surface area contributed by atoms with Crippen LogP contribution in [0.1, 0.15) is 41.4 Å². The molecule has 34 heavy (non-hydrogen) atoms. The molecular weight excluding hydrogens is 420 g/mol. The topological polar surface area (TPSA) is 50.4 Å². The molecule has 168 valence electrons. The summed E-state index contributed by atoms with van der Waals surface area (Å²) in [6, 6.07) is 30.6. The van der Waals surface area contributed by atoms with E-state index >= 15 is 0 Å². The number of benzene rings is 4. The van der Waals surface area contributed by atoms with E-state index in [1.807, 2.05) is 84.9 Å². The number of carbonyl (C=O) groups is 1. The molecule has 0 atom stereocenters. The minimum absolute atomic E-state index is 0.0922. The minimum Gasteiger partial charge on any atom is -0.507 e. The van der Waals surface area contributed by atoms with Crippen molar-refractivity contribution in [2.45, 2.75) is 26.2 Å². The second kappa shape index (κ2) is 9.40. The highest BCUT2D eigenvalue weighted by Gasteiger charge is 2.24. The van der Waals surface area contributed by atoms with E-state index in [1.165, 1.54) is 0 Å². The predicted octanol–water partition coefficient (Wildman–Crippen LogP) is 8.05. The van der Waals surface area contributed by atoms with E-state index in [-0.39, 0.29) is 11.5 Å². The summed E-state index contributed by atoms with van der Waals surface area (Å²) in [4.78, 5) is 14.0. The van der Waals surface area contributed by atoms with E-state index in [0.29, 0.717) is 28.7 Å². The van der Waals surface area contributed by atoms with Gasteiger partial charge in [-0.2, -0.15) is 0 Å². The zero-order valence-corrected chi connectivity index (χ0v) is 19.1. The van der Waals surface area contributed by atoms with Gasteiger partial charge < -0.3 is 9.52 Å². The summed E-state index contributed by atoms with van der Waals surface area (Å²) in [6.07, 6.45) is 2.67. The summed E-state index contributed by atoms with van der Waals surface area (Å²) >= 11 is 0. The molecule has 0 amide bonds. The number of rotatable bonds is 7. The van der Waals surface area contributed by atoms with Gasteiger partial charge in [0, 0.05) is 28.5 Å². The molecule has 5 aromatic rings. The molecule has 0 unspecified atom stereocenters. The van der Waals surface area contributed by atoms with Crippen molar-refractivity contribution in [1.82, 2.24) is 0 Å². The number of ketones is 1. The average molecular weight is 447 g/mol. The van der Waals surface area contributed by atoms with Gasteiger partial charge in [-0.05, 0) is 35.7 Å². The van der Waals surface area contributed by atoms with Gasteiger partial charge in [0.05, 0.1) is 5.56 Å². The van der Waals surface area contributed by atoms with Crippen LogP contribution in [0, 0.1) is 0 Å². The Morgan fingerprint density at radius 3 is 1.94 bits per heavy atom. The fourth-order valence-corrected chi connectivity index (χ4v) is 4.44. The quantitative estimate of drug-likeness (QED) is 0.257. The Bertz CT molecular complexity index is 1390. The molecule has 1 aromatic heterocycles. The minimum atomic E-state index is -0.0922. The number of aromatic hydroxyl groups is 1. The number of unbranched alkanes of at least 4 members (excludes halogenated alkanes) is 1. The highest BCUT2D eigenvalue weighted by atomic mass is 16.3. The lowest BCUT2D eigenvalue weighted by molar-refractivity contribution is 0.103. The largest absolute Gasteiger partial charge is 0.507 e. The van der Waals surface area contributed by atoms with Crippen molar-refractivity contribution < 1.29 is 14.3 Å². The zero-order valence-electron chi connectivity index (χ0n) is 19.1. The van der Waals surface area contributed by atoms with Crippen LogP contribution in [0.5, 0.6) is 5.75 Å². The van der Waals surface area contributed by atoms with Crippen LogP contribution in [0.25, 0.3) is 33.2 Å². The van der Waals surface area contributed by atoms with Crippen LogP contribution in [0.3, 0.4) is 0 Å². The molecular formula is C31H26O3. The standard InChI is InChI=1S/C31H26O3/c1-2-3-17-28-29(24-16-10-11-18-27(24)34-28)30(32)23-19-25(21-12-6-4-7-13-21)31(33)26(20-23)22-14-8-5-9-15-22/h4-16,18-20,33H,2-3,17H2,1H3. The molecule has 1 heterocycles. The summed E-state index contributed by atoms with van der Waals surface area (Å²) in [5.74, 6) is 0.797. The van der Waals surface area contributed by atoms with Gasteiger partial charge >= 0.3 is 0 Å². The molecule has 0 aliphatic heterocycles.